The number of unbranched alkanes of at least 4 members (excludes halogenated alkanes) is 1. The molecule has 0 radical (unpaired) electrons. The first-order chi connectivity index (χ1) is 21.3. The number of rotatable bonds is 11. The third-order valence-electron chi connectivity index (χ3n) is 8.96. The number of carboxylic acid groups (broad SMARTS) is 1. The molecule has 3 aliphatic rings. The quantitative estimate of drug-likeness (QED) is 0.385. The standard InChI is InChI=1S/C32H46N6O6/c1-22(2)19-37(25-18-24(20-36(21-25)32(41)42)30(39)35-13-16-44-17-14-35)31(40)29-28(11-4-5-15-43-3)38(34-33-29)27-12-7-9-23-8-6-10-26(23)27/h7,9,12,22,24-25H,4-6,8,10-11,13-21H2,1-3H3,(H,41,42)/t24-,25+/m1/s1. The van der Waals surface area contributed by atoms with Gasteiger partial charge in [0.25, 0.3) is 5.91 Å². The van der Waals surface area contributed by atoms with Crippen LogP contribution >= 0.6 is 0 Å². The lowest BCUT2D eigenvalue weighted by molar-refractivity contribution is -0.142. The summed E-state index contributed by atoms with van der Waals surface area (Å²) in [5.74, 6) is -0.773. The Morgan fingerprint density at radius 2 is 1.91 bits per heavy atom. The lowest BCUT2D eigenvalue weighted by Crippen LogP contribution is -2.58. The molecular weight excluding hydrogens is 564 g/mol. The number of aromatic nitrogens is 3. The maximum atomic E-state index is 14.5. The first-order valence-corrected chi connectivity index (χ1v) is 16.0. The molecule has 0 unspecified atom stereocenters. The lowest BCUT2D eigenvalue weighted by Gasteiger charge is -2.43. The fourth-order valence-electron chi connectivity index (χ4n) is 6.82. The predicted molar refractivity (Wildman–Crippen MR) is 163 cm³/mol. The van der Waals surface area contributed by atoms with Crippen LogP contribution in [0.4, 0.5) is 4.79 Å². The number of benzene rings is 1. The van der Waals surface area contributed by atoms with Gasteiger partial charge in [0.15, 0.2) is 5.69 Å². The van der Waals surface area contributed by atoms with Crippen molar-refractivity contribution < 1.29 is 29.0 Å². The van der Waals surface area contributed by atoms with Crippen molar-refractivity contribution in [2.45, 2.75) is 64.8 Å². The number of hydrogen-bond donors (Lipinski definition) is 1. The highest BCUT2D eigenvalue weighted by atomic mass is 16.5. The van der Waals surface area contributed by atoms with Crippen LogP contribution in [0, 0.1) is 11.8 Å². The fraction of sp³-hybridized carbons (Fsp3) is 0.656. The Morgan fingerprint density at radius 1 is 1.11 bits per heavy atom. The Morgan fingerprint density at radius 3 is 2.64 bits per heavy atom. The molecule has 240 valence electrons. The van der Waals surface area contributed by atoms with Gasteiger partial charge in [-0.3, -0.25) is 9.59 Å². The van der Waals surface area contributed by atoms with E-state index in [0.717, 1.165) is 43.5 Å². The smallest absolute Gasteiger partial charge is 0.407 e. The van der Waals surface area contributed by atoms with Gasteiger partial charge in [0.05, 0.1) is 36.6 Å². The highest BCUT2D eigenvalue weighted by Crippen LogP contribution is 2.30. The molecule has 3 amide bonds. The van der Waals surface area contributed by atoms with E-state index in [1.54, 1.807) is 16.9 Å². The molecule has 44 heavy (non-hydrogen) atoms. The minimum atomic E-state index is -1.09. The molecule has 5 rings (SSSR count). The number of morpholine rings is 1. The summed E-state index contributed by atoms with van der Waals surface area (Å²) >= 11 is 0. The molecule has 2 saturated heterocycles. The third-order valence-corrected chi connectivity index (χ3v) is 8.96. The zero-order valence-electron chi connectivity index (χ0n) is 26.2. The number of aryl methyl sites for hydroxylation is 1. The van der Waals surface area contributed by atoms with Crippen molar-refractivity contribution >= 4 is 17.9 Å². The Kier molecular flexibility index (Phi) is 10.5. The number of amides is 3. The number of carbonyl (C=O) groups is 3. The lowest BCUT2D eigenvalue weighted by atomic mass is 9.91. The summed E-state index contributed by atoms with van der Waals surface area (Å²) in [7, 11) is 1.68. The summed E-state index contributed by atoms with van der Waals surface area (Å²) in [5, 5.41) is 19.1. The molecule has 1 aromatic heterocycles. The number of likely N-dealkylation sites (tertiary alicyclic amines) is 1. The van der Waals surface area contributed by atoms with Crippen LogP contribution in [-0.2, 0) is 33.5 Å². The van der Waals surface area contributed by atoms with Crippen molar-refractivity contribution in [2.75, 3.05) is 59.7 Å². The number of hydrogen-bond acceptors (Lipinski definition) is 7. The van der Waals surface area contributed by atoms with Crippen LogP contribution in [0.25, 0.3) is 5.69 Å². The molecular formula is C32H46N6O6. The molecule has 2 fully saturated rings. The molecule has 12 nitrogen and oxygen atoms in total. The van der Waals surface area contributed by atoms with Crippen molar-refractivity contribution in [3.05, 3.63) is 40.7 Å². The van der Waals surface area contributed by atoms with E-state index in [2.05, 4.69) is 16.4 Å². The van der Waals surface area contributed by atoms with Crippen LogP contribution < -0.4 is 0 Å². The summed E-state index contributed by atoms with van der Waals surface area (Å²) in [6.07, 6.45) is 4.61. The SMILES string of the molecule is COCCCCc1c(C(=O)N(CC(C)C)[C@H]2C[C@@H](C(=O)N3CCOCC3)CN(C(=O)O)C2)nnn1-c1cccc2c1CCC2. The minimum Gasteiger partial charge on any atom is -0.465 e. The van der Waals surface area contributed by atoms with Crippen LogP contribution in [0.2, 0.25) is 0 Å². The summed E-state index contributed by atoms with van der Waals surface area (Å²) in [5.41, 5.74) is 4.58. The Bertz CT molecular complexity index is 1320. The van der Waals surface area contributed by atoms with Gasteiger partial charge >= 0.3 is 6.09 Å². The minimum absolute atomic E-state index is 0.0797. The molecule has 1 N–H and O–H groups in total. The number of fused-ring (bicyclic) bond motifs is 1. The van der Waals surface area contributed by atoms with Crippen LogP contribution in [0.15, 0.2) is 18.2 Å². The van der Waals surface area contributed by atoms with Gasteiger partial charge in [0, 0.05) is 46.4 Å². The molecule has 2 aromatic rings. The second-order valence-electron chi connectivity index (χ2n) is 12.6. The van der Waals surface area contributed by atoms with E-state index in [0.29, 0.717) is 58.0 Å². The Balaban J connectivity index is 1.48. The summed E-state index contributed by atoms with van der Waals surface area (Å²) in [4.78, 5) is 45.1. The van der Waals surface area contributed by atoms with Gasteiger partial charge in [-0.25, -0.2) is 9.48 Å². The molecule has 3 heterocycles. The van der Waals surface area contributed by atoms with Gasteiger partial charge in [-0.2, -0.15) is 0 Å². The highest BCUT2D eigenvalue weighted by molar-refractivity contribution is 5.94. The molecule has 0 bridgehead atoms. The van der Waals surface area contributed by atoms with Crippen molar-refractivity contribution in [1.82, 2.24) is 29.7 Å². The van der Waals surface area contributed by atoms with E-state index >= 15 is 0 Å². The molecule has 2 aliphatic heterocycles. The molecule has 1 aromatic carbocycles. The molecule has 0 saturated carbocycles. The average Bonchev–Trinajstić information content (AvgIpc) is 3.69. The van der Waals surface area contributed by atoms with Crippen molar-refractivity contribution in [1.29, 1.82) is 0 Å². The highest BCUT2D eigenvalue weighted by Gasteiger charge is 2.41. The fourth-order valence-corrected chi connectivity index (χ4v) is 6.82. The Hall–Kier alpha value is -3.51. The van der Waals surface area contributed by atoms with Crippen LogP contribution in [0.1, 0.15) is 66.8 Å². The number of nitrogens with zero attached hydrogens (tertiary/aromatic N) is 6. The predicted octanol–water partition coefficient (Wildman–Crippen LogP) is 3.05. The van der Waals surface area contributed by atoms with Crippen LogP contribution in [0.5, 0.6) is 0 Å². The van der Waals surface area contributed by atoms with E-state index in [4.69, 9.17) is 9.47 Å². The number of ether oxygens (including phenoxy) is 2. The second-order valence-corrected chi connectivity index (χ2v) is 12.6. The van der Waals surface area contributed by atoms with Crippen LogP contribution in [0.3, 0.4) is 0 Å². The maximum Gasteiger partial charge on any atom is 0.407 e. The van der Waals surface area contributed by atoms with Crippen molar-refractivity contribution in [2.24, 2.45) is 11.8 Å². The molecule has 2 atom stereocenters. The first kappa shape index (κ1) is 31.9. The van der Waals surface area contributed by atoms with E-state index in [1.807, 2.05) is 30.7 Å². The van der Waals surface area contributed by atoms with Gasteiger partial charge in [0.1, 0.15) is 0 Å². The monoisotopic (exact) mass is 610 g/mol. The van der Waals surface area contributed by atoms with Crippen molar-refractivity contribution in [3.63, 3.8) is 0 Å². The van der Waals surface area contributed by atoms with Gasteiger partial charge < -0.3 is 29.3 Å². The maximum absolute atomic E-state index is 14.5. The zero-order chi connectivity index (χ0) is 31.2. The van der Waals surface area contributed by atoms with E-state index in [-0.39, 0.29) is 30.8 Å². The van der Waals surface area contributed by atoms with Gasteiger partial charge in [-0.1, -0.05) is 31.2 Å². The Labute approximate surface area is 259 Å². The van der Waals surface area contributed by atoms with E-state index < -0.39 is 18.1 Å². The van der Waals surface area contributed by atoms with Gasteiger partial charge in [-0.15, -0.1) is 5.10 Å². The molecule has 12 heteroatoms. The topological polar surface area (TPSA) is 130 Å². The second kappa shape index (κ2) is 14.5. The number of methoxy groups -OCH3 is 1. The average molecular weight is 611 g/mol. The first-order valence-electron chi connectivity index (χ1n) is 16.0. The largest absolute Gasteiger partial charge is 0.465 e. The van der Waals surface area contributed by atoms with Gasteiger partial charge in [0.2, 0.25) is 5.91 Å². The van der Waals surface area contributed by atoms with Crippen molar-refractivity contribution in [3.8, 4) is 5.69 Å². The van der Waals surface area contributed by atoms with E-state index in [1.165, 1.54) is 16.0 Å². The number of carbonyl (C=O) groups excluding carboxylic acids is 2. The third kappa shape index (κ3) is 7.07. The van der Waals surface area contributed by atoms with E-state index in [9.17, 15) is 19.5 Å². The summed E-state index contributed by atoms with van der Waals surface area (Å²) in [6, 6.07) is 5.77. The molecule has 0 spiro atoms. The summed E-state index contributed by atoms with van der Waals surface area (Å²) in [6.45, 7) is 7.26. The number of piperidine rings is 1. The summed E-state index contributed by atoms with van der Waals surface area (Å²) < 4.78 is 12.5. The molecule has 1 aliphatic carbocycles. The van der Waals surface area contributed by atoms with Gasteiger partial charge in [-0.05, 0) is 68.1 Å². The normalized spacial score (nSPS) is 20.2. The van der Waals surface area contributed by atoms with Crippen LogP contribution in [-0.4, -0.2) is 118 Å². The zero-order valence-corrected chi connectivity index (χ0v) is 26.2.